The average Bonchev–Trinajstić information content (AvgIpc) is 2.96. The van der Waals surface area contributed by atoms with Gasteiger partial charge in [-0.2, -0.15) is 0 Å². The normalized spacial score (nSPS) is 19.0. The van der Waals surface area contributed by atoms with Crippen molar-refractivity contribution in [2.24, 2.45) is 0 Å². The summed E-state index contributed by atoms with van der Waals surface area (Å²) in [5, 5.41) is 0.401. The molecule has 1 heterocycles. The van der Waals surface area contributed by atoms with Crippen LogP contribution in [0, 0.1) is 0 Å². The summed E-state index contributed by atoms with van der Waals surface area (Å²) >= 11 is 5.79. The summed E-state index contributed by atoms with van der Waals surface area (Å²) in [6.07, 6.45) is 2.95. The van der Waals surface area contributed by atoms with Crippen molar-refractivity contribution in [2.75, 3.05) is 26.4 Å². The molecule has 0 bridgehead atoms. The van der Waals surface area contributed by atoms with Crippen molar-refractivity contribution in [3.05, 3.63) is 29.3 Å². The number of sulfonamides is 1. The highest BCUT2D eigenvalue weighted by Crippen LogP contribution is 2.15. The van der Waals surface area contributed by atoms with Gasteiger partial charge in [-0.1, -0.05) is 17.7 Å². The summed E-state index contributed by atoms with van der Waals surface area (Å²) < 4.78 is 37.4. The molecule has 21 heavy (non-hydrogen) atoms. The van der Waals surface area contributed by atoms with Crippen molar-refractivity contribution in [3.8, 4) is 0 Å². The highest BCUT2D eigenvalue weighted by Gasteiger charge is 2.15. The number of hydrogen-bond acceptors (Lipinski definition) is 4. The second-order valence-corrected chi connectivity index (χ2v) is 7.12. The molecule has 1 aliphatic heterocycles. The Hall–Kier alpha value is -0.660. The lowest BCUT2D eigenvalue weighted by molar-refractivity contribution is 0.0169. The van der Waals surface area contributed by atoms with Crippen molar-refractivity contribution >= 4 is 21.6 Å². The molecule has 1 fully saturated rings. The lowest BCUT2D eigenvalue weighted by Crippen LogP contribution is -2.26. The van der Waals surface area contributed by atoms with E-state index >= 15 is 0 Å². The summed E-state index contributed by atoms with van der Waals surface area (Å²) in [6.45, 7) is 2.24. The van der Waals surface area contributed by atoms with Crippen LogP contribution in [-0.2, 0) is 19.5 Å². The molecule has 1 aliphatic rings. The lowest BCUT2D eigenvalue weighted by atomic mass is 10.2. The van der Waals surface area contributed by atoms with E-state index in [4.69, 9.17) is 21.1 Å². The Morgan fingerprint density at radius 3 is 3.00 bits per heavy atom. The number of nitrogens with one attached hydrogen (secondary N) is 1. The zero-order chi connectivity index (χ0) is 15.1. The standard InChI is InChI=1S/C14H20ClNO4S/c15-12-4-1-6-14(10-12)21(17,18)16-7-3-8-19-11-13-5-2-9-20-13/h1,4,6,10,13,16H,2-3,5,7-9,11H2. The molecule has 118 valence electrons. The molecule has 0 aromatic heterocycles. The molecule has 7 heteroatoms. The van der Waals surface area contributed by atoms with Gasteiger partial charge < -0.3 is 9.47 Å². The smallest absolute Gasteiger partial charge is 0.240 e. The molecule has 1 saturated heterocycles. The van der Waals surface area contributed by atoms with Gasteiger partial charge in [-0.3, -0.25) is 0 Å². The molecular formula is C14H20ClNO4S. The van der Waals surface area contributed by atoms with Gasteiger partial charge in [0, 0.05) is 24.8 Å². The van der Waals surface area contributed by atoms with Crippen molar-refractivity contribution < 1.29 is 17.9 Å². The molecule has 1 aromatic carbocycles. The Bertz CT molecular complexity index is 544. The van der Waals surface area contributed by atoms with Crippen LogP contribution in [0.1, 0.15) is 19.3 Å². The summed E-state index contributed by atoms with van der Waals surface area (Å²) in [5.74, 6) is 0. The largest absolute Gasteiger partial charge is 0.379 e. The van der Waals surface area contributed by atoms with Crippen molar-refractivity contribution in [1.29, 1.82) is 0 Å². The van der Waals surface area contributed by atoms with Crippen LogP contribution in [0.2, 0.25) is 5.02 Å². The predicted molar refractivity (Wildman–Crippen MR) is 81.1 cm³/mol. The molecule has 5 nitrogen and oxygen atoms in total. The Morgan fingerprint density at radius 1 is 1.43 bits per heavy atom. The fourth-order valence-corrected chi connectivity index (χ4v) is 3.46. The van der Waals surface area contributed by atoms with Crippen LogP contribution in [0.25, 0.3) is 0 Å². The van der Waals surface area contributed by atoms with E-state index in [1.165, 1.54) is 12.1 Å². The van der Waals surface area contributed by atoms with Crippen LogP contribution < -0.4 is 4.72 Å². The van der Waals surface area contributed by atoms with Gasteiger partial charge in [0.1, 0.15) is 0 Å². The second-order valence-electron chi connectivity index (χ2n) is 4.92. The molecule has 0 saturated carbocycles. The Labute approximate surface area is 130 Å². The molecule has 2 rings (SSSR count). The van der Waals surface area contributed by atoms with Gasteiger partial charge in [-0.05, 0) is 37.5 Å². The zero-order valence-electron chi connectivity index (χ0n) is 11.8. The third-order valence-electron chi connectivity index (χ3n) is 3.19. The van der Waals surface area contributed by atoms with E-state index in [1.807, 2.05) is 0 Å². The maximum Gasteiger partial charge on any atom is 0.240 e. The van der Waals surface area contributed by atoms with Gasteiger partial charge in [-0.15, -0.1) is 0 Å². The first kappa shape index (κ1) is 16.7. The molecule has 0 radical (unpaired) electrons. The van der Waals surface area contributed by atoms with E-state index in [1.54, 1.807) is 12.1 Å². The van der Waals surface area contributed by atoms with Gasteiger partial charge >= 0.3 is 0 Å². The lowest BCUT2D eigenvalue weighted by Gasteiger charge is -2.10. The number of hydrogen-bond donors (Lipinski definition) is 1. The molecule has 1 N–H and O–H groups in total. The van der Waals surface area contributed by atoms with Gasteiger partial charge in [-0.25, -0.2) is 13.1 Å². The van der Waals surface area contributed by atoms with Gasteiger partial charge in [0.05, 0.1) is 17.6 Å². The summed E-state index contributed by atoms with van der Waals surface area (Å²) in [5.41, 5.74) is 0. The maximum atomic E-state index is 12.0. The fraction of sp³-hybridized carbons (Fsp3) is 0.571. The van der Waals surface area contributed by atoms with Crippen molar-refractivity contribution in [3.63, 3.8) is 0 Å². The van der Waals surface area contributed by atoms with Gasteiger partial charge in [0.2, 0.25) is 10.0 Å². The topological polar surface area (TPSA) is 64.6 Å². The monoisotopic (exact) mass is 333 g/mol. The highest BCUT2D eigenvalue weighted by molar-refractivity contribution is 7.89. The van der Waals surface area contributed by atoms with Crippen LogP contribution >= 0.6 is 11.6 Å². The minimum Gasteiger partial charge on any atom is -0.379 e. The minimum atomic E-state index is -3.50. The van der Waals surface area contributed by atoms with Crippen LogP contribution in [0.5, 0.6) is 0 Å². The van der Waals surface area contributed by atoms with E-state index in [0.29, 0.717) is 31.2 Å². The molecule has 1 aromatic rings. The first-order valence-electron chi connectivity index (χ1n) is 7.02. The SMILES string of the molecule is O=S(=O)(NCCCOCC1CCCO1)c1cccc(Cl)c1. The number of ether oxygens (including phenoxy) is 2. The molecule has 0 aliphatic carbocycles. The van der Waals surface area contributed by atoms with E-state index in [2.05, 4.69) is 4.72 Å². The number of halogens is 1. The van der Waals surface area contributed by atoms with E-state index < -0.39 is 10.0 Å². The average molecular weight is 334 g/mol. The molecule has 0 spiro atoms. The summed E-state index contributed by atoms with van der Waals surface area (Å²) in [7, 11) is -3.50. The molecule has 1 atom stereocenters. The Balaban J connectivity index is 1.65. The molecule has 1 unspecified atom stereocenters. The Kier molecular flexibility index (Phi) is 6.44. The second kappa shape index (κ2) is 8.10. The van der Waals surface area contributed by atoms with Crippen LogP contribution in [0.15, 0.2) is 29.2 Å². The first-order chi connectivity index (χ1) is 10.1. The van der Waals surface area contributed by atoms with E-state index in [9.17, 15) is 8.42 Å². The van der Waals surface area contributed by atoms with Crippen molar-refractivity contribution in [2.45, 2.75) is 30.3 Å². The number of rotatable bonds is 8. The predicted octanol–water partition coefficient (Wildman–Crippen LogP) is 2.20. The van der Waals surface area contributed by atoms with Gasteiger partial charge in [0.15, 0.2) is 0 Å². The third kappa shape index (κ3) is 5.56. The minimum absolute atomic E-state index is 0.176. The maximum absolute atomic E-state index is 12.0. The van der Waals surface area contributed by atoms with Crippen LogP contribution in [0.4, 0.5) is 0 Å². The van der Waals surface area contributed by atoms with Crippen LogP contribution in [0.3, 0.4) is 0 Å². The molecular weight excluding hydrogens is 314 g/mol. The summed E-state index contributed by atoms with van der Waals surface area (Å²) in [6, 6.07) is 6.20. The molecule has 0 amide bonds. The Morgan fingerprint density at radius 2 is 2.29 bits per heavy atom. The fourth-order valence-electron chi connectivity index (χ4n) is 2.09. The van der Waals surface area contributed by atoms with E-state index in [0.717, 1.165) is 19.4 Å². The van der Waals surface area contributed by atoms with Crippen LogP contribution in [-0.4, -0.2) is 40.9 Å². The number of benzene rings is 1. The highest BCUT2D eigenvalue weighted by atomic mass is 35.5. The third-order valence-corrected chi connectivity index (χ3v) is 4.89. The summed E-state index contributed by atoms with van der Waals surface area (Å²) in [4.78, 5) is 0.176. The van der Waals surface area contributed by atoms with Gasteiger partial charge in [0.25, 0.3) is 0 Å². The van der Waals surface area contributed by atoms with Crippen molar-refractivity contribution in [1.82, 2.24) is 4.72 Å². The zero-order valence-corrected chi connectivity index (χ0v) is 13.3. The first-order valence-corrected chi connectivity index (χ1v) is 8.88. The van der Waals surface area contributed by atoms with E-state index in [-0.39, 0.29) is 11.0 Å². The quantitative estimate of drug-likeness (QED) is 0.741.